The summed E-state index contributed by atoms with van der Waals surface area (Å²) in [7, 11) is -0.477. The Kier molecular flexibility index (Phi) is 6.18. The predicted molar refractivity (Wildman–Crippen MR) is 106 cm³/mol. The molecule has 6 nitrogen and oxygen atoms in total. The monoisotopic (exact) mass is 409 g/mol. The van der Waals surface area contributed by atoms with Gasteiger partial charge in [0.2, 0.25) is 10.0 Å². The van der Waals surface area contributed by atoms with Crippen LogP contribution in [-0.2, 0) is 10.0 Å². The largest absolute Gasteiger partial charge is 0.494 e. The lowest BCUT2D eigenvalue weighted by molar-refractivity contribution is 0.340. The van der Waals surface area contributed by atoms with Crippen molar-refractivity contribution in [3.05, 3.63) is 48.0 Å². The summed E-state index contributed by atoms with van der Waals surface area (Å²) in [5.41, 5.74) is 0.865. The van der Waals surface area contributed by atoms with E-state index in [0.29, 0.717) is 30.4 Å². The SMILES string of the molecule is CCOc1ccc(S(=O)(=O)N2CCSC2c2ccc(OC)c(OC)c2)cc1. The maximum absolute atomic E-state index is 13.2. The van der Waals surface area contributed by atoms with Gasteiger partial charge >= 0.3 is 0 Å². The van der Waals surface area contributed by atoms with Gasteiger partial charge in [0.25, 0.3) is 0 Å². The van der Waals surface area contributed by atoms with Crippen LogP contribution >= 0.6 is 11.8 Å². The molecule has 1 atom stereocenters. The highest BCUT2D eigenvalue weighted by molar-refractivity contribution is 8.01. The van der Waals surface area contributed by atoms with Crippen LogP contribution in [0.2, 0.25) is 0 Å². The molecule has 2 aromatic rings. The lowest BCUT2D eigenvalue weighted by atomic mass is 10.2. The highest BCUT2D eigenvalue weighted by Crippen LogP contribution is 2.43. The van der Waals surface area contributed by atoms with Crippen molar-refractivity contribution >= 4 is 21.8 Å². The van der Waals surface area contributed by atoms with Crippen molar-refractivity contribution in [1.82, 2.24) is 4.31 Å². The zero-order valence-electron chi connectivity index (χ0n) is 15.5. The molecule has 0 amide bonds. The number of sulfonamides is 1. The fourth-order valence-electron chi connectivity index (χ4n) is 2.98. The van der Waals surface area contributed by atoms with Crippen molar-refractivity contribution in [2.24, 2.45) is 0 Å². The summed E-state index contributed by atoms with van der Waals surface area (Å²) in [6, 6.07) is 12.1. The van der Waals surface area contributed by atoms with Crippen molar-refractivity contribution in [3.8, 4) is 17.2 Å². The fraction of sp³-hybridized carbons (Fsp3) is 0.368. The molecule has 1 aliphatic rings. The molecule has 0 N–H and O–H groups in total. The van der Waals surface area contributed by atoms with Gasteiger partial charge < -0.3 is 14.2 Å². The molecule has 1 heterocycles. The first-order valence-electron chi connectivity index (χ1n) is 8.59. The molecule has 27 heavy (non-hydrogen) atoms. The van der Waals surface area contributed by atoms with Crippen LogP contribution in [0.25, 0.3) is 0 Å². The van der Waals surface area contributed by atoms with Crippen LogP contribution in [0.1, 0.15) is 17.9 Å². The van der Waals surface area contributed by atoms with E-state index in [1.807, 2.05) is 19.1 Å². The summed E-state index contributed by atoms with van der Waals surface area (Å²) < 4.78 is 43.9. The molecular weight excluding hydrogens is 386 g/mol. The van der Waals surface area contributed by atoms with E-state index in [9.17, 15) is 8.42 Å². The summed E-state index contributed by atoms with van der Waals surface area (Å²) in [4.78, 5) is 0.263. The van der Waals surface area contributed by atoms with E-state index >= 15 is 0 Å². The third-order valence-electron chi connectivity index (χ3n) is 4.28. The standard InChI is InChI=1S/C19H23NO5S2/c1-4-25-15-6-8-16(9-7-15)27(21,22)20-11-12-26-19(20)14-5-10-17(23-2)18(13-14)24-3/h5-10,13,19H,4,11-12H2,1-3H3. The van der Waals surface area contributed by atoms with Crippen LogP contribution in [0.15, 0.2) is 47.4 Å². The van der Waals surface area contributed by atoms with Gasteiger partial charge in [-0.05, 0) is 48.9 Å². The quantitative estimate of drug-likeness (QED) is 0.697. The van der Waals surface area contributed by atoms with Gasteiger partial charge in [0, 0.05) is 12.3 Å². The van der Waals surface area contributed by atoms with Crippen molar-refractivity contribution in [2.45, 2.75) is 17.2 Å². The lowest BCUT2D eigenvalue weighted by Gasteiger charge is -2.24. The minimum atomic E-state index is -3.62. The van der Waals surface area contributed by atoms with Gasteiger partial charge in [0.15, 0.2) is 11.5 Å². The maximum Gasteiger partial charge on any atom is 0.244 e. The van der Waals surface area contributed by atoms with Crippen molar-refractivity contribution in [3.63, 3.8) is 0 Å². The third-order valence-corrected chi connectivity index (χ3v) is 7.56. The minimum Gasteiger partial charge on any atom is -0.494 e. The van der Waals surface area contributed by atoms with E-state index in [1.165, 1.54) is 4.31 Å². The van der Waals surface area contributed by atoms with Crippen molar-refractivity contribution in [1.29, 1.82) is 0 Å². The van der Waals surface area contributed by atoms with Gasteiger partial charge in [-0.3, -0.25) is 0 Å². The lowest BCUT2D eigenvalue weighted by Crippen LogP contribution is -2.30. The summed E-state index contributed by atoms with van der Waals surface area (Å²) in [6.45, 7) is 2.88. The molecule has 1 fully saturated rings. The Morgan fingerprint density at radius 2 is 1.78 bits per heavy atom. The van der Waals surface area contributed by atoms with Crippen LogP contribution < -0.4 is 14.2 Å². The first-order chi connectivity index (χ1) is 13.0. The Bertz CT molecular complexity index is 883. The van der Waals surface area contributed by atoms with Crippen LogP contribution in [0.3, 0.4) is 0 Å². The van der Waals surface area contributed by atoms with Crippen molar-refractivity contribution in [2.75, 3.05) is 33.1 Å². The third kappa shape index (κ3) is 4.02. The second-order valence-corrected chi connectivity index (χ2v) is 8.94. The van der Waals surface area contributed by atoms with Gasteiger partial charge in [0.1, 0.15) is 5.75 Å². The number of hydrogen-bond donors (Lipinski definition) is 0. The summed E-state index contributed by atoms with van der Waals surface area (Å²) in [5.74, 6) is 2.59. The van der Waals surface area contributed by atoms with Gasteiger partial charge in [-0.1, -0.05) is 6.07 Å². The highest BCUT2D eigenvalue weighted by atomic mass is 32.2. The maximum atomic E-state index is 13.2. The average molecular weight is 410 g/mol. The minimum absolute atomic E-state index is 0.263. The first kappa shape index (κ1) is 19.9. The zero-order valence-corrected chi connectivity index (χ0v) is 17.2. The van der Waals surface area contributed by atoms with Crippen molar-refractivity contribution < 1.29 is 22.6 Å². The van der Waals surface area contributed by atoms with Gasteiger partial charge in [-0.2, -0.15) is 4.31 Å². The molecule has 2 aromatic carbocycles. The molecule has 1 saturated heterocycles. The molecule has 1 unspecified atom stereocenters. The molecular formula is C19H23NO5S2. The molecule has 3 rings (SSSR count). The molecule has 0 radical (unpaired) electrons. The van der Waals surface area contributed by atoms with Crippen LogP contribution in [0.4, 0.5) is 0 Å². The van der Waals surface area contributed by atoms with E-state index in [4.69, 9.17) is 14.2 Å². The first-order valence-corrected chi connectivity index (χ1v) is 11.1. The molecule has 0 aromatic heterocycles. The number of nitrogens with zero attached hydrogens (tertiary/aromatic N) is 1. The average Bonchev–Trinajstić information content (AvgIpc) is 3.19. The highest BCUT2D eigenvalue weighted by Gasteiger charge is 2.37. The van der Waals surface area contributed by atoms with E-state index in [-0.39, 0.29) is 10.3 Å². The van der Waals surface area contributed by atoms with E-state index < -0.39 is 10.0 Å². The molecule has 0 saturated carbocycles. The molecule has 0 aliphatic carbocycles. The second kappa shape index (κ2) is 8.41. The Morgan fingerprint density at radius 1 is 1.07 bits per heavy atom. The number of ether oxygens (including phenoxy) is 3. The van der Waals surface area contributed by atoms with E-state index in [0.717, 1.165) is 11.3 Å². The predicted octanol–water partition coefficient (Wildman–Crippen LogP) is 3.54. The topological polar surface area (TPSA) is 65.1 Å². The molecule has 1 aliphatic heterocycles. The van der Waals surface area contributed by atoms with Crippen LogP contribution in [0, 0.1) is 0 Å². The molecule has 0 bridgehead atoms. The van der Waals surface area contributed by atoms with Gasteiger partial charge in [-0.25, -0.2) is 8.42 Å². The summed E-state index contributed by atoms with van der Waals surface area (Å²) in [6.07, 6.45) is 0. The van der Waals surface area contributed by atoms with E-state index in [2.05, 4.69) is 0 Å². The Balaban J connectivity index is 1.91. The number of rotatable bonds is 7. The number of thioether (sulfide) groups is 1. The molecule has 146 valence electrons. The summed E-state index contributed by atoms with van der Waals surface area (Å²) >= 11 is 1.59. The fourth-order valence-corrected chi connectivity index (χ4v) is 6.21. The Labute approximate surface area is 164 Å². The van der Waals surface area contributed by atoms with Gasteiger partial charge in [-0.15, -0.1) is 11.8 Å². The Hall–Kier alpha value is -1.90. The normalized spacial score (nSPS) is 17.7. The Morgan fingerprint density at radius 3 is 2.41 bits per heavy atom. The smallest absolute Gasteiger partial charge is 0.244 e. The van der Waals surface area contributed by atoms with Gasteiger partial charge in [0.05, 0.1) is 31.1 Å². The zero-order chi connectivity index (χ0) is 19.4. The number of methoxy groups -OCH3 is 2. The van der Waals surface area contributed by atoms with Crippen LogP contribution in [-0.4, -0.2) is 45.8 Å². The summed E-state index contributed by atoms with van der Waals surface area (Å²) in [5, 5.41) is -0.304. The molecule has 0 spiro atoms. The molecule has 8 heteroatoms. The number of benzene rings is 2. The number of hydrogen-bond acceptors (Lipinski definition) is 6. The van der Waals surface area contributed by atoms with E-state index in [1.54, 1.807) is 56.3 Å². The second-order valence-electron chi connectivity index (χ2n) is 5.86. The van der Waals surface area contributed by atoms with Crippen LogP contribution in [0.5, 0.6) is 17.2 Å².